The van der Waals surface area contributed by atoms with Crippen LogP contribution in [0.5, 0.6) is 0 Å². The van der Waals surface area contributed by atoms with Crippen LogP contribution in [0.3, 0.4) is 0 Å². The molecule has 2 aromatic rings. The number of carbonyl (C=O) groups excluding carboxylic acids is 2. The molecule has 10 heteroatoms. The van der Waals surface area contributed by atoms with E-state index in [1.54, 1.807) is 26.0 Å². The fourth-order valence-corrected chi connectivity index (χ4v) is 4.78. The van der Waals surface area contributed by atoms with E-state index in [-0.39, 0.29) is 37.6 Å². The van der Waals surface area contributed by atoms with Crippen LogP contribution in [0.25, 0.3) is 0 Å². The molecule has 1 N–H and O–H groups in total. The summed E-state index contributed by atoms with van der Waals surface area (Å²) in [5.74, 6) is -1.28. The van der Waals surface area contributed by atoms with Crippen LogP contribution in [0, 0.1) is 0 Å². The number of hydrogen-bond donors (Lipinski definition) is 1. The fraction of sp³-hybridized carbons (Fsp3) is 0.391. The molecule has 2 amide bonds. The van der Waals surface area contributed by atoms with Gasteiger partial charge in [-0.05, 0) is 31.5 Å². The number of amides is 2. The Bertz CT molecular complexity index is 954. The minimum Gasteiger partial charge on any atom is -0.374 e. The third kappa shape index (κ3) is 6.14. The van der Waals surface area contributed by atoms with E-state index in [4.69, 9.17) is 18.5 Å². The predicted molar refractivity (Wildman–Crippen MR) is 120 cm³/mol. The summed E-state index contributed by atoms with van der Waals surface area (Å²) in [5, 5.41) is 11.0. The molecule has 33 heavy (non-hydrogen) atoms. The zero-order valence-electron chi connectivity index (χ0n) is 18.6. The highest BCUT2D eigenvalue weighted by Crippen LogP contribution is 2.48. The van der Waals surface area contributed by atoms with Crippen LogP contribution in [0.15, 0.2) is 54.6 Å². The molecule has 178 valence electrons. The van der Waals surface area contributed by atoms with Crippen LogP contribution in [-0.4, -0.2) is 60.3 Å². The SMILES string of the molecule is CCOP(=O)(COC(COCc1ccccc1)C(O)N1C(=O)c2ccccc2C1=O)OCC. The van der Waals surface area contributed by atoms with Crippen molar-refractivity contribution in [3.8, 4) is 0 Å². The lowest BCUT2D eigenvalue weighted by atomic mass is 10.1. The van der Waals surface area contributed by atoms with Crippen molar-refractivity contribution in [2.75, 3.05) is 26.2 Å². The summed E-state index contributed by atoms with van der Waals surface area (Å²) < 4.78 is 34.7. The van der Waals surface area contributed by atoms with E-state index >= 15 is 0 Å². The standard InChI is InChI=1S/C23H28NO8P/c1-3-31-33(28,32-4-2)16-30-20(15-29-14-17-10-6-5-7-11-17)23(27)24-21(25)18-12-8-9-13-19(18)22(24)26/h5-13,20,23,27H,3-4,14-16H2,1-2H3. The number of rotatable bonds is 13. The summed E-state index contributed by atoms with van der Waals surface area (Å²) in [6.07, 6.45) is -3.34. The molecule has 0 saturated heterocycles. The van der Waals surface area contributed by atoms with Gasteiger partial charge in [-0.25, -0.2) is 4.90 Å². The van der Waals surface area contributed by atoms with Crippen molar-refractivity contribution in [2.45, 2.75) is 32.8 Å². The van der Waals surface area contributed by atoms with E-state index in [1.807, 2.05) is 30.3 Å². The maximum atomic E-state index is 12.8. The Morgan fingerprint density at radius 1 is 0.909 bits per heavy atom. The summed E-state index contributed by atoms with van der Waals surface area (Å²) in [5.41, 5.74) is 1.28. The van der Waals surface area contributed by atoms with E-state index in [0.29, 0.717) is 0 Å². The summed E-state index contributed by atoms with van der Waals surface area (Å²) >= 11 is 0. The number of ether oxygens (including phenoxy) is 2. The molecule has 0 fully saturated rings. The van der Waals surface area contributed by atoms with Gasteiger partial charge in [-0.1, -0.05) is 42.5 Å². The first-order chi connectivity index (χ1) is 15.9. The zero-order chi connectivity index (χ0) is 23.8. The molecule has 0 saturated carbocycles. The van der Waals surface area contributed by atoms with Gasteiger partial charge in [-0.2, -0.15) is 0 Å². The highest BCUT2D eigenvalue weighted by Gasteiger charge is 2.43. The maximum Gasteiger partial charge on any atom is 0.356 e. The second-order valence-corrected chi connectivity index (χ2v) is 9.22. The van der Waals surface area contributed by atoms with E-state index in [9.17, 15) is 19.3 Å². The van der Waals surface area contributed by atoms with Gasteiger partial charge in [0.1, 0.15) is 12.5 Å². The van der Waals surface area contributed by atoms with Gasteiger partial charge in [0.15, 0.2) is 6.23 Å². The molecule has 0 aliphatic carbocycles. The van der Waals surface area contributed by atoms with Gasteiger partial charge in [0.2, 0.25) is 0 Å². The maximum absolute atomic E-state index is 12.8. The Kier molecular flexibility index (Phi) is 8.91. The summed E-state index contributed by atoms with van der Waals surface area (Å²) in [4.78, 5) is 26.3. The quantitative estimate of drug-likeness (QED) is 0.345. The highest BCUT2D eigenvalue weighted by molar-refractivity contribution is 7.53. The van der Waals surface area contributed by atoms with Crippen LogP contribution in [-0.2, 0) is 29.7 Å². The van der Waals surface area contributed by atoms with Gasteiger partial charge in [-0.15, -0.1) is 0 Å². The van der Waals surface area contributed by atoms with Crippen molar-refractivity contribution in [3.63, 3.8) is 0 Å². The van der Waals surface area contributed by atoms with Crippen LogP contribution in [0.1, 0.15) is 40.1 Å². The number of aliphatic hydroxyl groups excluding tert-OH is 1. The van der Waals surface area contributed by atoms with Crippen LogP contribution in [0.4, 0.5) is 0 Å². The average molecular weight is 477 g/mol. The Hall–Kier alpha value is -2.39. The van der Waals surface area contributed by atoms with Gasteiger partial charge in [0, 0.05) is 0 Å². The molecular formula is C23H28NO8P. The van der Waals surface area contributed by atoms with Crippen molar-refractivity contribution < 1.29 is 37.8 Å². The number of fused-ring (bicyclic) bond motifs is 1. The summed E-state index contributed by atoms with van der Waals surface area (Å²) in [7, 11) is -3.60. The topological polar surface area (TPSA) is 112 Å². The Labute approximate surface area is 192 Å². The normalized spacial score (nSPS) is 15.5. The Balaban J connectivity index is 1.76. The summed E-state index contributed by atoms with van der Waals surface area (Å²) in [6.45, 7) is 3.64. The third-order valence-electron chi connectivity index (χ3n) is 4.91. The van der Waals surface area contributed by atoms with Crippen molar-refractivity contribution in [3.05, 3.63) is 71.3 Å². The molecule has 2 aromatic carbocycles. The predicted octanol–water partition coefficient (Wildman–Crippen LogP) is 3.43. The molecule has 2 unspecified atom stereocenters. The summed E-state index contributed by atoms with van der Waals surface area (Å²) in [6, 6.07) is 15.6. The fourth-order valence-electron chi connectivity index (χ4n) is 3.39. The number of benzene rings is 2. The number of aliphatic hydroxyl groups is 1. The van der Waals surface area contributed by atoms with E-state index in [0.717, 1.165) is 10.5 Å². The molecule has 0 bridgehead atoms. The number of nitrogens with zero attached hydrogens (tertiary/aromatic N) is 1. The lowest BCUT2D eigenvalue weighted by Crippen LogP contribution is -2.49. The Morgan fingerprint density at radius 3 is 2.00 bits per heavy atom. The van der Waals surface area contributed by atoms with Gasteiger partial charge in [0.25, 0.3) is 11.8 Å². The lowest BCUT2D eigenvalue weighted by Gasteiger charge is -2.30. The van der Waals surface area contributed by atoms with Crippen molar-refractivity contribution in [1.82, 2.24) is 4.90 Å². The number of hydrogen-bond acceptors (Lipinski definition) is 8. The Morgan fingerprint density at radius 2 is 1.45 bits per heavy atom. The van der Waals surface area contributed by atoms with Crippen LogP contribution < -0.4 is 0 Å². The van der Waals surface area contributed by atoms with Crippen molar-refractivity contribution in [1.29, 1.82) is 0 Å². The molecule has 1 heterocycles. The first kappa shape index (κ1) is 25.2. The molecule has 2 atom stereocenters. The lowest BCUT2D eigenvalue weighted by molar-refractivity contribution is -0.110. The number of imide groups is 1. The first-order valence-corrected chi connectivity index (χ1v) is 12.4. The van der Waals surface area contributed by atoms with E-state index < -0.39 is 38.1 Å². The smallest absolute Gasteiger partial charge is 0.356 e. The van der Waals surface area contributed by atoms with E-state index in [2.05, 4.69) is 0 Å². The molecule has 3 rings (SSSR count). The molecular weight excluding hydrogens is 449 g/mol. The minimum atomic E-state index is -3.60. The zero-order valence-corrected chi connectivity index (χ0v) is 19.5. The second kappa shape index (κ2) is 11.7. The van der Waals surface area contributed by atoms with Gasteiger partial charge in [0.05, 0.1) is 37.6 Å². The van der Waals surface area contributed by atoms with E-state index in [1.165, 1.54) is 12.1 Å². The minimum absolute atomic E-state index is 0.136. The van der Waals surface area contributed by atoms with Crippen molar-refractivity contribution >= 4 is 19.4 Å². The van der Waals surface area contributed by atoms with Crippen LogP contribution in [0.2, 0.25) is 0 Å². The monoisotopic (exact) mass is 477 g/mol. The third-order valence-corrected chi connectivity index (χ3v) is 6.68. The molecule has 1 aliphatic heterocycles. The van der Waals surface area contributed by atoms with Crippen LogP contribution >= 0.6 is 7.60 Å². The molecule has 0 spiro atoms. The van der Waals surface area contributed by atoms with Gasteiger partial charge >= 0.3 is 7.60 Å². The second-order valence-electron chi connectivity index (χ2n) is 7.22. The largest absolute Gasteiger partial charge is 0.374 e. The molecule has 9 nitrogen and oxygen atoms in total. The molecule has 0 aromatic heterocycles. The first-order valence-electron chi connectivity index (χ1n) is 10.7. The molecule has 0 radical (unpaired) electrons. The van der Waals surface area contributed by atoms with Gasteiger partial charge < -0.3 is 23.6 Å². The highest BCUT2D eigenvalue weighted by atomic mass is 31.2. The van der Waals surface area contributed by atoms with Crippen molar-refractivity contribution in [2.24, 2.45) is 0 Å². The molecule has 1 aliphatic rings. The number of carbonyl (C=O) groups is 2. The average Bonchev–Trinajstić information content (AvgIpc) is 3.07. The van der Waals surface area contributed by atoms with Gasteiger partial charge in [-0.3, -0.25) is 14.2 Å².